The van der Waals surface area contributed by atoms with Crippen LogP contribution >= 0.6 is 0 Å². The quantitative estimate of drug-likeness (QED) is 0.754. The Morgan fingerprint density at radius 2 is 1.80 bits per heavy atom. The lowest BCUT2D eigenvalue weighted by atomic mass is 10.1. The highest BCUT2D eigenvalue weighted by Crippen LogP contribution is 2.26. The molecule has 2 aromatic rings. The lowest BCUT2D eigenvalue weighted by molar-refractivity contribution is 0.600. The Bertz CT molecular complexity index is 743. The molecule has 7 heteroatoms. The Morgan fingerprint density at radius 1 is 1.15 bits per heavy atom. The van der Waals surface area contributed by atoms with Crippen molar-refractivity contribution in [2.45, 2.75) is 32.6 Å². The van der Waals surface area contributed by atoms with Gasteiger partial charge >= 0.3 is 0 Å². The number of H-pyrrole nitrogens is 1. The van der Waals surface area contributed by atoms with Gasteiger partial charge in [0, 0.05) is 5.69 Å². The topological polar surface area (TPSA) is 101 Å². The monoisotopic (exact) mass is 294 g/mol. The summed E-state index contributed by atoms with van der Waals surface area (Å²) in [5, 5.41) is 6.59. The Morgan fingerprint density at radius 3 is 2.35 bits per heavy atom. The van der Waals surface area contributed by atoms with Crippen molar-refractivity contribution in [3.05, 3.63) is 34.6 Å². The maximum absolute atomic E-state index is 12.5. The standard InChI is InChI=1S/C13H18N4O2S/c1-7-6-12(8(2)5-11(7)14)17-20(18,19)13-9(3)15-16-10(13)4/h5-6,17H,14H2,1-4H3,(H,15,16). The SMILES string of the molecule is Cc1cc(NS(=O)(=O)c2c(C)n[nH]c2C)c(C)cc1N. The van der Waals surface area contributed by atoms with E-state index < -0.39 is 10.0 Å². The van der Waals surface area contributed by atoms with E-state index in [0.717, 1.165) is 11.1 Å². The summed E-state index contributed by atoms with van der Waals surface area (Å²) >= 11 is 0. The van der Waals surface area contributed by atoms with Crippen molar-refractivity contribution in [2.24, 2.45) is 0 Å². The average molecular weight is 294 g/mol. The number of aryl methyl sites for hydroxylation is 4. The van der Waals surface area contributed by atoms with Crippen LogP contribution in [-0.4, -0.2) is 18.6 Å². The summed E-state index contributed by atoms with van der Waals surface area (Å²) in [5.74, 6) is 0. The molecule has 1 heterocycles. The number of aromatic nitrogens is 2. The van der Waals surface area contributed by atoms with Gasteiger partial charge in [-0.25, -0.2) is 8.42 Å². The first kappa shape index (κ1) is 14.4. The second kappa shape index (κ2) is 4.82. The van der Waals surface area contributed by atoms with E-state index in [0.29, 0.717) is 22.8 Å². The highest BCUT2D eigenvalue weighted by Gasteiger charge is 2.23. The van der Waals surface area contributed by atoms with Gasteiger partial charge in [-0.2, -0.15) is 5.10 Å². The van der Waals surface area contributed by atoms with Crippen LogP contribution in [0.15, 0.2) is 17.0 Å². The zero-order valence-electron chi connectivity index (χ0n) is 11.9. The van der Waals surface area contributed by atoms with Crippen LogP contribution in [0.3, 0.4) is 0 Å². The minimum absolute atomic E-state index is 0.186. The van der Waals surface area contributed by atoms with Gasteiger partial charge in [-0.05, 0) is 51.0 Å². The Labute approximate surface area is 118 Å². The number of aromatic amines is 1. The fourth-order valence-electron chi connectivity index (χ4n) is 2.08. The lowest BCUT2D eigenvalue weighted by Gasteiger charge is -2.13. The summed E-state index contributed by atoms with van der Waals surface area (Å²) in [6.45, 7) is 6.97. The number of rotatable bonds is 3. The predicted octanol–water partition coefficient (Wildman–Crippen LogP) is 2.03. The average Bonchev–Trinajstić information content (AvgIpc) is 2.66. The molecule has 2 rings (SSSR count). The summed E-state index contributed by atoms with van der Waals surface area (Å²) < 4.78 is 27.5. The molecule has 4 N–H and O–H groups in total. The molecule has 0 amide bonds. The van der Waals surface area contributed by atoms with Gasteiger partial charge in [0.2, 0.25) is 0 Å². The number of hydrogen-bond donors (Lipinski definition) is 3. The molecule has 1 aromatic carbocycles. The first-order chi connectivity index (χ1) is 9.22. The van der Waals surface area contributed by atoms with Crippen molar-refractivity contribution in [3.8, 4) is 0 Å². The van der Waals surface area contributed by atoms with Gasteiger partial charge < -0.3 is 5.73 Å². The van der Waals surface area contributed by atoms with Gasteiger partial charge in [0.25, 0.3) is 10.0 Å². The summed E-state index contributed by atoms with van der Waals surface area (Å²) in [4.78, 5) is 0.186. The molecule has 6 nitrogen and oxygen atoms in total. The zero-order chi connectivity index (χ0) is 15.1. The van der Waals surface area contributed by atoms with E-state index in [1.54, 1.807) is 26.0 Å². The predicted molar refractivity (Wildman–Crippen MR) is 79.2 cm³/mol. The van der Waals surface area contributed by atoms with E-state index in [1.807, 2.05) is 13.8 Å². The van der Waals surface area contributed by atoms with Crippen LogP contribution in [0.2, 0.25) is 0 Å². The third kappa shape index (κ3) is 2.49. The number of sulfonamides is 1. The number of benzene rings is 1. The molecule has 0 saturated heterocycles. The normalized spacial score (nSPS) is 11.6. The molecule has 0 spiro atoms. The van der Waals surface area contributed by atoms with Crippen LogP contribution in [0, 0.1) is 27.7 Å². The Kier molecular flexibility index (Phi) is 3.47. The third-order valence-corrected chi connectivity index (χ3v) is 4.81. The lowest BCUT2D eigenvalue weighted by Crippen LogP contribution is -2.15. The minimum atomic E-state index is -3.67. The number of nitrogen functional groups attached to an aromatic ring is 1. The molecule has 0 bridgehead atoms. The fraction of sp³-hybridized carbons (Fsp3) is 0.308. The van der Waals surface area contributed by atoms with Gasteiger partial charge in [-0.3, -0.25) is 9.82 Å². The highest BCUT2D eigenvalue weighted by molar-refractivity contribution is 7.92. The fourth-order valence-corrected chi connectivity index (χ4v) is 3.58. The number of anilines is 2. The van der Waals surface area contributed by atoms with Crippen LogP contribution in [0.4, 0.5) is 11.4 Å². The maximum Gasteiger partial charge on any atom is 0.265 e. The van der Waals surface area contributed by atoms with E-state index >= 15 is 0 Å². The second-order valence-electron chi connectivity index (χ2n) is 4.89. The van der Waals surface area contributed by atoms with Crippen molar-refractivity contribution < 1.29 is 8.42 Å². The number of hydrogen-bond acceptors (Lipinski definition) is 4. The number of nitrogens with zero attached hydrogens (tertiary/aromatic N) is 1. The largest absolute Gasteiger partial charge is 0.399 e. The van der Waals surface area contributed by atoms with E-state index in [4.69, 9.17) is 5.73 Å². The molecule has 1 aromatic heterocycles. The van der Waals surface area contributed by atoms with E-state index in [-0.39, 0.29) is 4.90 Å². The second-order valence-corrected chi connectivity index (χ2v) is 6.51. The smallest absolute Gasteiger partial charge is 0.265 e. The molecule has 0 aliphatic rings. The van der Waals surface area contributed by atoms with Gasteiger partial charge in [-0.1, -0.05) is 0 Å². The van der Waals surface area contributed by atoms with Crippen LogP contribution < -0.4 is 10.5 Å². The molecule has 0 unspecified atom stereocenters. The summed E-state index contributed by atoms with van der Waals surface area (Å²) in [5.41, 5.74) is 9.53. The zero-order valence-corrected chi connectivity index (χ0v) is 12.7. The van der Waals surface area contributed by atoms with Crippen molar-refractivity contribution in [1.29, 1.82) is 0 Å². The van der Waals surface area contributed by atoms with Gasteiger partial charge in [0.05, 0.1) is 17.1 Å². The van der Waals surface area contributed by atoms with Gasteiger partial charge in [-0.15, -0.1) is 0 Å². The number of nitrogens with two attached hydrogens (primary N) is 1. The van der Waals surface area contributed by atoms with E-state index in [1.165, 1.54) is 0 Å². The molecule has 20 heavy (non-hydrogen) atoms. The van der Waals surface area contributed by atoms with Gasteiger partial charge in [0.15, 0.2) is 0 Å². The number of nitrogens with one attached hydrogen (secondary N) is 2. The maximum atomic E-state index is 12.5. The van der Waals surface area contributed by atoms with Crippen molar-refractivity contribution >= 4 is 21.4 Å². The van der Waals surface area contributed by atoms with Crippen molar-refractivity contribution in [2.75, 3.05) is 10.5 Å². The van der Waals surface area contributed by atoms with Crippen LogP contribution in [0.5, 0.6) is 0 Å². The molecule has 108 valence electrons. The molecular formula is C13H18N4O2S. The Balaban J connectivity index is 2.47. The first-order valence-electron chi connectivity index (χ1n) is 6.13. The summed E-state index contributed by atoms with van der Waals surface area (Å²) in [7, 11) is -3.67. The minimum Gasteiger partial charge on any atom is -0.399 e. The Hall–Kier alpha value is -2.02. The molecule has 0 aliphatic carbocycles. The van der Waals surface area contributed by atoms with Gasteiger partial charge in [0.1, 0.15) is 4.90 Å². The van der Waals surface area contributed by atoms with E-state index in [2.05, 4.69) is 14.9 Å². The van der Waals surface area contributed by atoms with Crippen molar-refractivity contribution in [3.63, 3.8) is 0 Å². The third-order valence-electron chi connectivity index (χ3n) is 3.19. The highest BCUT2D eigenvalue weighted by atomic mass is 32.2. The molecule has 0 saturated carbocycles. The van der Waals surface area contributed by atoms with E-state index in [9.17, 15) is 8.42 Å². The summed E-state index contributed by atoms with van der Waals surface area (Å²) in [6.07, 6.45) is 0. The molecule has 0 atom stereocenters. The van der Waals surface area contributed by atoms with Crippen LogP contribution in [-0.2, 0) is 10.0 Å². The van der Waals surface area contributed by atoms with Crippen LogP contribution in [0.25, 0.3) is 0 Å². The van der Waals surface area contributed by atoms with Crippen LogP contribution in [0.1, 0.15) is 22.5 Å². The molecule has 0 aliphatic heterocycles. The summed E-state index contributed by atoms with van der Waals surface area (Å²) in [6, 6.07) is 3.48. The first-order valence-corrected chi connectivity index (χ1v) is 7.62. The molecule has 0 radical (unpaired) electrons. The van der Waals surface area contributed by atoms with Crippen molar-refractivity contribution in [1.82, 2.24) is 10.2 Å². The molecular weight excluding hydrogens is 276 g/mol. The molecule has 0 fully saturated rings.